The van der Waals surface area contributed by atoms with Crippen molar-refractivity contribution in [2.24, 2.45) is 7.05 Å². The standard InChI is InChI=1S/C14H23N5S/c1-4-11-12-13(17(3)16-11)19(14(20)15-12)10-7-6-8-18(5-2)9-10/h10H,4-9H2,1-3H3,(H,15,20). The minimum absolute atomic E-state index is 0.463. The van der Waals surface area contributed by atoms with Crippen molar-refractivity contribution in [2.45, 2.75) is 39.2 Å². The molecule has 3 rings (SSSR count). The van der Waals surface area contributed by atoms with E-state index in [1.54, 1.807) is 0 Å². The maximum absolute atomic E-state index is 5.58. The molecule has 1 aliphatic rings. The van der Waals surface area contributed by atoms with Crippen LogP contribution >= 0.6 is 12.2 Å². The zero-order valence-electron chi connectivity index (χ0n) is 12.5. The van der Waals surface area contributed by atoms with Gasteiger partial charge in [-0.25, -0.2) is 0 Å². The fraction of sp³-hybridized carbons (Fsp3) is 0.714. The van der Waals surface area contributed by atoms with Gasteiger partial charge in [0.05, 0.1) is 11.7 Å². The van der Waals surface area contributed by atoms with Crippen LogP contribution in [0.1, 0.15) is 38.4 Å². The van der Waals surface area contributed by atoms with E-state index in [1.165, 1.54) is 19.4 Å². The number of nitrogens with zero attached hydrogens (tertiary/aromatic N) is 4. The first-order valence-corrected chi connectivity index (χ1v) is 7.95. The molecule has 2 aromatic heterocycles. The van der Waals surface area contributed by atoms with E-state index in [0.717, 1.165) is 41.1 Å². The molecule has 1 saturated heterocycles. The second-order valence-electron chi connectivity index (χ2n) is 5.61. The van der Waals surface area contributed by atoms with Crippen molar-refractivity contribution in [1.29, 1.82) is 0 Å². The third kappa shape index (κ3) is 2.11. The number of piperidine rings is 1. The molecule has 0 spiro atoms. The highest BCUT2D eigenvalue weighted by Crippen LogP contribution is 2.27. The van der Waals surface area contributed by atoms with Crippen molar-refractivity contribution in [2.75, 3.05) is 19.6 Å². The van der Waals surface area contributed by atoms with Gasteiger partial charge in [-0.05, 0) is 44.6 Å². The minimum Gasteiger partial charge on any atom is -0.328 e. The Morgan fingerprint density at radius 2 is 2.20 bits per heavy atom. The van der Waals surface area contributed by atoms with Gasteiger partial charge in [0, 0.05) is 13.6 Å². The van der Waals surface area contributed by atoms with Crippen molar-refractivity contribution in [1.82, 2.24) is 24.2 Å². The Morgan fingerprint density at radius 3 is 2.90 bits per heavy atom. The fourth-order valence-corrected chi connectivity index (χ4v) is 3.69. The monoisotopic (exact) mass is 293 g/mol. The number of aryl methyl sites for hydroxylation is 2. The number of likely N-dealkylation sites (N-methyl/N-ethyl adjacent to an activating group) is 1. The van der Waals surface area contributed by atoms with Gasteiger partial charge in [-0.3, -0.25) is 9.25 Å². The lowest BCUT2D eigenvalue weighted by Crippen LogP contribution is -2.36. The van der Waals surface area contributed by atoms with Gasteiger partial charge < -0.3 is 9.88 Å². The lowest BCUT2D eigenvalue weighted by atomic mass is 10.1. The molecule has 1 atom stereocenters. The molecule has 0 aliphatic carbocycles. The summed E-state index contributed by atoms with van der Waals surface area (Å²) < 4.78 is 5.11. The average molecular weight is 293 g/mol. The molecular weight excluding hydrogens is 270 g/mol. The molecule has 0 radical (unpaired) electrons. The van der Waals surface area contributed by atoms with Gasteiger partial charge in [-0.2, -0.15) is 5.10 Å². The van der Waals surface area contributed by atoms with Gasteiger partial charge in [0.1, 0.15) is 5.52 Å². The van der Waals surface area contributed by atoms with Crippen LogP contribution in [-0.4, -0.2) is 43.9 Å². The van der Waals surface area contributed by atoms with Crippen LogP contribution in [0.5, 0.6) is 0 Å². The molecule has 110 valence electrons. The molecule has 20 heavy (non-hydrogen) atoms. The largest absolute Gasteiger partial charge is 0.328 e. The van der Waals surface area contributed by atoms with Crippen LogP contribution in [0.25, 0.3) is 11.2 Å². The van der Waals surface area contributed by atoms with E-state index >= 15 is 0 Å². The molecule has 3 heterocycles. The molecule has 1 fully saturated rings. The molecule has 1 aliphatic heterocycles. The molecule has 1 N–H and O–H groups in total. The number of hydrogen-bond donors (Lipinski definition) is 1. The van der Waals surface area contributed by atoms with Crippen LogP contribution in [0.15, 0.2) is 0 Å². The first kappa shape index (κ1) is 13.8. The number of aromatic nitrogens is 4. The van der Waals surface area contributed by atoms with Gasteiger partial charge in [-0.1, -0.05) is 13.8 Å². The van der Waals surface area contributed by atoms with Crippen molar-refractivity contribution >= 4 is 23.4 Å². The van der Waals surface area contributed by atoms with E-state index in [0.29, 0.717) is 6.04 Å². The maximum atomic E-state index is 5.58. The summed E-state index contributed by atoms with van der Waals surface area (Å²) in [5, 5.41) is 4.61. The molecule has 0 bridgehead atoms. The normalized spacial score (nSPS) is 20.9. The summed E-state index contributed by atoms with van der Waals surface area (Å²) in [6.45, 7) is 7.77. The number of rotatable bonds is 3. The SMILES string of the molecule is CCc1nn(C)c2c1[nH]c(=S)n2C1CCCN(CC)C1. The van der Waals surface area contributed by atoms with Crippen LogP contribution < -0.4 is 0 Å². The van der Waals surface area contributed by atoms with E-state index in [9.17, 15) is 0 Å². The van der Waals surface area contributed by atoms with Crippen LogP contribution in [0.4, 0.5) is 0 Å². The Kier molecular flexibility index (Phi) is 3.69. The third-order valence-corrected chi connectivity index (χ3v) is 4.69. The highest BCUT2D eigenvalue weighted by Gasteiger charge is 2.24. The Bertz CT molecular complexity index is 665. The van der Waals surface area contributed by atoms with E-state index < -0.39 is 0 Å². The summed E-state index contributed by atoms with van der Waals surface area (Å²) in [4.78, 5) is 5.88. The smallest absolute Gasteiger partial charge is 0.179 e. The quantitative estimate of drug-likeness (QED) is 0.885. The second kappa shape index (κ2) is 5.33. The van der Waals surface area contributed by atoms with Crippen molar-refractivity contribution in [3.05, 3.63) is 10.5 Å². The lowest BCUT2D eigenvalue weighted by molar-refractivity contribution is 0.186. The summed E-state index contributed by atoms with van der Waals surface area (Å²) >= 11 is 5.58. The molecule has 2 aromatic rings. The fourth-order valence-electron chi connectivity index (χ4n) is 3.35. The van der Waals surface area contributed by atoms with Crippen molar-refractivity contribution < 1.29 is 0 Å². The van der Waals surface area contributed by atoms with Crippen LogP contribution in [0.2, 0.25) is 0 Å². The number of nitrogens with one attached hydrogen (secondary N) is 1. The van der Waals surface area contributed by atoms with E-state index in [-0.39, 0.29) is 0 Å². The van der Waals surface area contributed by atoms with E-state index in [4.69, 9.17) is 12.2 Å². The zero-order valence-corrected chi connectivity index (χ0v) is 13.3. The second-order valence-corrected chi connectivity index (χ2v) is 6.00. The van der Waals surface area contributed by atoms with E-state index in [2.05, 4.69) is 33.4 Å². The molecule has 0 saturated carbocycles. The highest BCUT2D eigenvalue weighted by atomic mass is 32.1. The summed E-state index contributed by atoms with van der Waals surface area (Å²) in [6, 6.07) is 0.463. The van der Waals surface area contributed by atoms with Crippen LogP contribution in [0.3, 0.4) is 0 Å². The summed E-state index contributed by atoms with van der Waals surface area (Å²) in [6.07, 6.45) is 3.37. The van der Waals surface area contributed by atoms with Gasteiger partial charge in [0.15, 0.2) is 10.4 Å². The number of aromatic amines is 1. The maximum Gasteiger partial charge on any atom is 0.179 e. The molecular formula is C14H23N5S. The Hall–Kier alpha value is -1.14. The van der Waals surface area contributed by atoms with Crippen LogP contribution in [-0.2, 0) is 13.5 Å². The van der Waals surface area contributed by atoms with Gasteiger partial charge in [0.2, 0.25) is 0 Å². The summed E-state index contributed by atoms with van der Waals surface area (Å²) in [5.74, 6) is 0. The molecule has 5 nitrogen and oxygen atoms in total. The lowest BCUT2D eigenvalue weighted by Gasteiger charge is -2.32. The average Bonchev–Trinajstić information content (AvgIpc) is 2.95. The minimum atomic E-state index is 0.463. The number of fused-ring (bicyclic) bond motifs is 1. The number of H-pyrrole nitrogens is 1. The van der Waals surface area contributed by atoms with Gasteiger partial charge in [-0.15, -0.1) is 0 Å². The third-order valence-electron chi connectivity index (χ3n) is 4.40. The predicted molar refractivity (Wildman–Crippen MR) is 83.7 cm³/mol. The Morgan fingerprint density at radius 1 is 1.40 bits per heavy atom. The first-order chi connectivity index (χ1) is 9.65. The van der Waals surface area contributed by atoms with Gasteiger partial charge >= 0.3 is 0 Å². The number of hydrogen-bond acceptors (Lipinski definition) is 3. The molecule has 6 heteroatoms. The molecule has 0 amide bonds. The first-order valence-electron chi connectivity index (χ1n) is 7.54. The topological polar surface area (TPSA) is 41.8 Å². The summed E-state index contributed by atoms with van der Waals surface area (Å²) in [7, 11) is 2.01. The molecule has 1 unspecified atom stereocenters. The van der Waals surface area contributed by atoms with Crippen molar-refractivity contribution in [3.8, 4) is 0 Å². The summed E-state index contributed by atoms with van der Waals surface area (Å²) in [5.41, 5.74) is 3.37. The Labute approximate surface area is 124 Å². The number of imidazole rings is 1. The van der Waals surface area contributed by atoms with Gasteiger partial charge in [0.25, 0.3) is 0 Å². The van der Waals surface area contributed by atoms with Crippen LogP contribution in [0, 0.1) is 4.77 Å². The number of likely N-dealkylation sites (tertiary alicyclic amines) is 1. The highest BCUT2D eigenvalue weighted by molar-refractivity contribution is 7.71. The predicted octanol–water partition coefficient (Wildman–Crippen LogP) is 2.65. The van der Waals surface area contributed by atoms with Crippen molar-refractivity contribution in [3.63, 3.8) is 0 Å². The van der Waals surface area contributed by atoms with E-state index in [1.807, 2.05) is 11.7 Å². The Balaban J connectivity index is 2.09. The molecule has 0 aromatic carbocycles. The zero-order chi connectivity index (χ0) is 14.3.